The zero-order valence-corrected chi connectivity index (χ0v) is 12.2. The summed E-state index contributed by atoms with van der Waals surface area (Å²) in [5.74, 6) is 0.235. The van der Waals surface area contributed by atoms with Gasteiger partial charge in [-0.25, -0.2) is 0 Å². The van der Waals surface area contributed by atoms with Crippen molar-refractivity contribution in [3.8, 4) is 0 Å². The molecule has 1 aromatic carbocycles. The average Bonchev–Trinajstić information content (AvgIpc) is 2.76. The van der Waals surface area contributed by atoms with Gasteiger partial charge in [0.25, 0.3) is 0 Å². The van der Waals surface area contributed by atoms with Gasteiger partial charge in [0.2, 0.25) is 5.91 Å². The Bertz CT molecular complexity index is 476. The topological polar surface area (TPSA) is 35.6 Å². The Morgan fingerprint density at radius 2 is 2.00 bits per heavy atom. The van der Waals surface area contributed by atoms with Gasteiger partial charge in [-0.15, -0.1) is 0 Å². The Labute approximate surface area is 120 Å². The first kappa shape index (κ1) is 13.6. The first-order valence-electron chi connectivity index (χ1n) is 7.48. The fourth-order valence-corrected chi connectivity index (χ4v) is 3.39. The monoisotopic (exact) mass is 273 g/mol. The lowest BCUT2D eigenvalue weighted by atomic mass is 10.0. The van der Waals surface area contributed by atoms with Gasteiger partial charge in [-0.2, -0.15) is 0 Å². The molecule has 4 nitrogen and oxygen atoms in total. The van der Waals surface area contributed by atoms with Gasteiger partial charge in [-0.05, 0) is 38.9 Å². The number of amides is 1. The van der Waals surface area contributed by atoms with Crippen LogP contribution < -0.4 is 5.32 Å². The lowest BCUT2D eigenvalue weighted by Crippen LogP contribution is -2.49. The van der Waals surface area contributed by atoms with Crippen LogP contribution in [0, 0.1) is 0 Å². The molecule has 0 spiro atoms. The van der Waals surface area contributed by atoms with E-state index >= 15 is 0 Å². The minimum Gasteiger partial charge on any atom is -0.317 e. The van der Waals surface area contributed by atoms with E-state index in [2.05, 4.69) is 34.3 Å². The number of likely N-dealkylation sites (N-methyl/N-ethyl adjacent to an activating group) is 1. The minimum atomic E-state index is -0.0903. The Hall–Kier alpha value is -1.39. The molecule has 3 atom stereocenters. The van der Waals surface area contributed by atoms with Gasteiger partial charge in [0.05, 0.1) is 6.04 Å². The second-order valence-electron chi connectivity index (χ2n) is 6.01. The number of carbonyl (C=O) groups excluding carboxylic acids is 1. The van der Waals surface area contributed by atoms with Crippen LogP contribution in [0.5, 0.6) is 0 Å². The molecule has 2 aliphatic heterocycles. The number of carbonyl (C=O) groups is 1. The Kier molecular flexibility index (Phi) is 3.76. The zero-order chi connectivity index (χ0) is 14.1. The summed E-state index contributed by atoms with van der Waals surface area (Å²) in [6, 6.07) is 10.5. The molecule has 2 fully saturated rings. The molecule has 0 saturated carbocycles. The first-order valence-corrected chi connectivity index (χ1v) is 7.48. The molecule has 2 heterocycles. The summed E-state index contributed by atoms with van der Waals surface area (Å²) in [7, 11) is 2.14. The molecule has 0 bridgehead atoms. The maximum absolute atomic E-state index is 12.5. The van der Waals surface area contributed by atoms with E-state index in [0.717, 1.165) is 19.5 Å². The van der Waals surface area contributed by atoms with Crippen molar-refractivity contribution in [2.75, 3.05) is 20.1 Å². The molecule has 3 unspecified atom stereocenters. The van der Waals surface area contributed by atoms with E-state index in [-0.39, 0.29) is 18.1 Å². The van der Waals surface area contributed by atoms with Crippen LogP contribution in [0.15, 0.2) is 30.3 Å². The standard InChI is InChI=1S/C16H23N3O/c1-12-16(20)19(14-9-6-10-18(2)11-14)15(17-12)13-7-4-3-5-8-13/h3-5,7-8,12,14-15,17H,6,9-11H2,1-2H3. The molecule has 20 heavy (non-hydrogen) atoms. The number of piperidine rings is 1. The van der Waals surface area contributed by atoms with Gasteiger partial charge >= 0.3 is 0 Å². The number of benzene rings is 1. The zero-order valence-electron chi connectivity index (χ0n) is 12.2. The van der Waals surface area contributed by atoms with Crippen molar-refractivity contribution >= 4 is 5.91 Å². The van der Waals surface area contributed by atoms with Gasteiger partial charge < -0.3 is 9.80 Å². The Morgan fingerprint density at radius 1 is 1.25 bits per heavy atom. The minimum absolute atomic E-state index is 0.0233. The van der Waals surface area contributed by atoms with Crippen LogP contribution in [0.3, 0.4) is 0 Å². The maximum Gasteiger partial charge on any atom is 0.241 e. The number of nitrogens with one attached hydrogen (secondary N) is 1. The van der Waals surface area contributed by atoms with E-state index in [9.17, 15) is 4.79 Å². The van der Waals surface area contributed by atoms with Crippen LogP contribution in [-0.2, 0) is 4.79 Å². The Balaban J connectivity index is 1.87. The molecule has 1 aromatic rings. The van der Waals surface area contributed by atoms with Gasteiger partial charge in [-0.3, -0.25) is 10.1 Å². The molecule has 3 rings (SSSR count). The molecule has 108 valence electrons. The molecule has 0 aliphatic carbocycles. The van der Waals surface area contributed by atoms with Crippen molar-refractivity contribution in [3.63, 3.8) is 0 Å². The summed E-state index contributed by atoms with van der Waals surface area (Å²) < 4.78 is 0. The second kappa shape index (κ2) is 5.54. The van der Waals surface area contributed by atoms with E-state index in [1.807, 2.05) is 25.1 Å². The molecule has 2 aliphatic rings. The number of likely N-dealkylation sites (tertiary alicyclic amines) is 1. The van der Waals surface area contributed by atoms with Gasteiger partial charge in [0.15, 0.2) is 0 Å². The van der Waals surface area contributed by atoms with Crippen molar-refractivity contribution in [1.29, 1.82) is 0 Å². The first-order chi connectivity index (χ1) is 9.66. The summed E-state index contributed by atoms with van der Waals surface area (Å²) in [4.78, 5) is 16.9. The molecule has 1 amide bonds. The van der Waals surface area contributed by atoms with Crippen LogP contribution >= 0.6 is 0 Å². The highest BCUT2D eigenvalue weighted by atomic mass is 16.2. The lowest BCUT2D eigenvalue weighted by Gasteiger charge is -2.38. The van der Waals surface area contributed by atoms with Crippen LogP contribution in [0.25, 0.3) is 0 Å². The van der Waals surface area contributed by atoms with Crippen molar-refractivity contribution in [2.45, 2.75) is 38.0 Å². The molecule has 1 N–H and O–H groups in total. The summed E-state index contributed by atoms with van der Waals surface area (Å²) in [5.41, 5.74) is 1.18. The third-order valence-electron chi connectivity index (χ3n) is 4.42. The van der Waals surface area contributed by atoms with Gasteiger partial charge in [0.1, 0.15) is 6.17 Å². The van der Waals surface area contributed by atoms with Crippen molar-refractivity contribution in [3.05, 3.63) is 35.9 Å². The summed E-state index contributed by atoms with van der Waals surface area (Å²) in [6.45, 7) is 4.08. The lowest BCUT2D eigenvalue weighted by molar-refractivity contribution is -0.133. The van der Waals surface area contributed by atoms with E-state index in [4.69, 9.17) is 0 Å². The van der Waals surface area contributed by atoms with Crippen LogP contribution in [0.1, 0.15) is 31.5 Å². The number of nitrogens with zero attached hydrogens (tertiary/aromatic N) is 2. The highest BCUT2D eigenvalue weighted by Gasteiger charge is 2.41. The normalized spacial score (nSPS) is 31.8. The van der Waals surface area contributed by atoms with E-state index in [0.29, 0.717) is 6.04 Å². The second-order valence-corrected chi connectivity index (χ2v) is 6.01. The van der Waals surface area contributed by atoms with Crippen molar-refractivity contribution in [1.82, 2.24) is 15.1 Å². The summed E-state index contributed by atoms with van der Waals surface area (Å²) in [5, 5.41) is 3.44. The summed E-state index contributed by atoms with van der Waals surface area (Å²) in [6.07, 6.45) is 2.30. The van der Waals surface area contributed by atoms with E-state index in [1.54, 1.807) is 0 Å². The third kappa shape index (κ3) is 2.45. The van der Waals surface area contributed by atoms with E-state index in [1.165, 1.54) is 12.0 Å². The third-order valence-corrected chi connectivity index (χ3v) is 4.42. The Morgan fingerprint density at radius 3 is 2.70 bits per heavy atom. The number of hydrogen-bond acceptors (Lipinski definition) is 3. The largest absolute Gasteiger partial charge is 0.317 e. The van der Waals surface area contributed by atoms with Crippen LogP contribution in [0.2, 0.25) is 0 Å². The molecule has 0 aromatic heterocycles. The van der Waals surface area contributed by atoms with E-state index < -0.39 is 0 Å². The number of rotatable bonds is 2. The predicted octanol–water partition coefficient (Wildman–Crippen LogP) is 1.60. The highest BCUT2D eigenvalue weighted by molar-refractivity contribution is 5.84. The molecule has 0 radical (unpaired) electrons. The van der Waals surface area contributed by atoms with Gasteiger partial charge in [-0.1, -0.05) is 30.3 Å². The fraction of sp³-hybridized carbons (Fsp3) is 0.562. The quantitative estimate of drug-likeness (QED) is 0.889. The maximum atomic E-state index is 12.5. The molecule has 4 heteroatoms. The number of hydrogen-bond donors (Lipinski definition) is 1. The SMILES string of the molecule is CC1NC(c2ccccc2)N(C2CCCN(C)C2)C1=O. The summed E-state index contributed by atoms with van der Waals surface area (Å²) >= 11 is 0. The van der Waals surface area contributed by atoms with Crippen LogP contribution in [0.4, 0.5) is 0 Å². The van der Waals surface area contributed by atoms with Gasteiger partial charge in [0, 0.05) is 12.6 Å². The predicted molar refractivity (Wildman–Crippen MR) is 79.1 cm³/mol. The smallest absolute Gasteiger partial charge is 0.241 e. The van der Waals surface area contributed by atoms with Crippen molar-refractivity contribution < 1.29 is 4.79 Å². The van der Waals surface area contributed by atoms with Crippen LogP contribution in [-0.4, -0.2) is 47.9 Å². The fourth-order valence-electron chi connectivity index (χ4n) is 3.39. The van der Waals surface area contributed by atoms with Crippen molar-refractivity contribution in [2.24, 2.45) is 0 Å². The molecule has 2 saturated heterocycles. The molecular formula is C16H23N3O. The highest BCUT2D eigenvalue weighted by Crippen LogP contribution is 2.30. The molecular weight excluding hydrogens is 250 g/mol. The average molecular weight is 273 g/mol.